The average molecular weight is 718 g/mol. The molecule has 0 bridgehead atoms. The number of likely N-dealkylation sites (tertiary alicyclic amines) is 1. The van der Waals surface area contributed by atoms with E-state index in [-0.39, 0.29) is 43.2 Å². The fraction of sp³-hybridized carbons (Fsp3) is 0.550. The molecule has 0 spiro atoms. The lowest BCUT2D eigenvalue weighted by molar-refractivity contribution is -0.144. The molecule has 12 heteroatoms. The minimum Gasteiger partial charge on any atom is -0.444 e. The second kappa shape index (κ2) is 17.7. The van der Waals surface area contributed by atoms with Crippen LogP contribution in [-0.4, -0.2) is 77.2 Å². The molecule has 1 fully saturated rings. The molecule has 5 atom stereocenters. The lowest BCUT2D eigenvalue weighted by Gasteiger charge is -2.33. The van der Waals surface area contributed by atoms with Gasteiger partial charge in [-0.1, -0.05) is 88.7 Å². The van der Waals surface area contributed by atoms with E-state index in [1.54, 1.807) is 25.7 Å². The topological polar surface area (TPSA) is 163 Å². The highest BCUT2D eigenvalue weighted by molar-refractivity contribution is 6.38. The predicted molar refractivity (Wildman–Crippen MR) is 197 cm³/mol. The number of carbonyl (C=O) groups excluding carboxylic acids is 6. The summed E-state index contributed by atoms with van der Waals surface area (Å²) in [7, 11) is 0. The number of Topliss-reactive ketones (excluding diaryl/α,β-unsaturated/α-hetero) is 1. The summed E-state index contributed by atoms with van der Waals surface area (Å²) < 4.78 is 5.57. The third kappa shape index (κ3) is 10.4. The summed E-state index contributed by atoms with van der Waals surface area (Å²) in [5.74, 6) is -3.72. The highest BCUT2D eigenvalue weighted by Crippen LogP contribution is 2.37. The zero-order valence-corrected chi connectivity index (χ0v) is 31.5. The molecule has 0 radical (unpaired) electrons. The Morgan fingerprint density at radius 3 is 2.08 bits per heavy atom. The molecule has 1 saturated heterocycles. The monoisotopic (exact) mass is 717 g/mol. The van der Waals surface area contributed by atoms with Crippen LogP contribution in [0.1, 0.15) is 78.0 Å². The van der Waals surface area contributed by atoms with E-state index in [9.17, 15) is 28.8 Å². The fourth-order valence-corrected chi connectivity index (χ4v) is 7.35. The molecular weight excluding hydrogens is 662 g/mol. The van der Waals surface area contributed by atoms with Gasteiger partial charge < -0.3 is 30.9 Å². The fourth-order valence-electron chi connectivity index (χ4n) is 7.35. The van der Waals surface area contributed by atoms with Crippen molar-refractivity contribution in [1.29, 1.82) is 0 Å². The van der Waals surface area contributed by atoms with E-state index in [2.05, 4.69) is 21.3 Å². The molecule has 4 N–H and O–H groups in total. The lowest BCUT2D eigenvalue weighted by atomic mass is 9.84. The Bertz CT molecular complexity index is 1580. The van der Waals surface area contributed by atoms with Gasteiger partial charge in [-0.05, 0) is 80.4 Å². The van der Waals surface area contributed by atoms with E-state index in [1.807, 2.05) is 82.3 Å². The molecule has 282 valence electrons. The molecule has 4 rings (SSSR count). The first-order chi connectivity index (χ1) is 24.6. The number of amides is 5. The Morgan fingerprint density at radius 1 is 0.885 bits per heavy atom. The maximum atomic E-state index is 14.7. The number of benzene rings is 2. The molecule has 2 aromatic carbocycles. The van der Waals surface area contributed by atoms with Crippen molar-refractivity contribution < 1.29 is 33.5 Å². The van der Waals surface area contributed by atoms with Crippen molar-refractivity contribution in [3.63, 3.8) is 0 Å². The zero-order valence-electron chi connectivity index (χ0n) is 31.5. The second-order valence-electron chi connectivity index (χ2n) is 15.4. The van der Waals surface area contributed by atoms with Gasteiger partial charge in [0.05, 0.1) is 12.6 Å². The summed E-state index contributed by atoms with van der Waals surface area (Å²) in [6.07, 6.45) is 1.10. The molecule has 12 nitrogen and oxygen atoms in total. The molecule has 2 aromatic rings. The predicted octanol–water partition coefficient (Wildman–Crippen LogP) is 3.70. The number of nitrogens with one attached hydrogen (secondary N) is 4. The standard InChI is InChI=1S/C40H55N5O7/c1-8-14-31(35(47)37(49)42-22-32(46)41-21-26-15-10-9-11-16-26)43-36(48)34-25(4)30(24(2)3)23-45(34)38(50)33(44-39(51)52-40(5,6)7)29-19-27-17-12-13-18-28(27)20-29/h9-13,15-18,24-25,29-31,33-34H,8,14,19-23H2,1-7H3,(H,41,46)(H,42,49)(H,43,48)(H,44,51)/t25-,30-,31?,33-,34-/m0/s1. The molecule has 1 heterocycles. The van der Waals surface area contributed by atoms with Crippen molar-refractivity contribution in [3.8, 4) is 0 Å². The van der Waals surface area contributed by atoms with Crippen LogP contribution in [-0.2, 0) is 48.1 Å². The van der Waals surface area contributed by atoms with Crippen molar-refractivity contribution >= 4 is 35.5 Å². The van der Waals surface area contributed by atoms with Gasteiger partial charge in [-0.15, -0.1) is 0 Å². The molecule has 1 aliphatic carbocycles. The lowest BCUT2D eigenvalue weighted by Crippen LogP contribution is -2.59. The number of ketones is 1. The molecule has 1 unspecified atom stereocenters. The summed E-state index contributed by atoms with van der Waals surface area (Å²) in [6.45, 7) is 13.2. The van der Waals surface area contributed by atoms with E-state index >= 15 is 0 Å². The smallest absolute Gasteiger partial charge is 0.408 e. The van der Waals surface area contributed by atoms with Crippen molar-refractivity contribution in [3.05, 3.63) is 71.3 Å². The number of nitrogens with zero attached hydrogens (tertiary/aromatic N) is 1. The van der Waals surface area contributed by atoms with Crippen molar-refractivity contribution in [2.24, 2.45) is 23.7 Å². The van der Waals surface area contributed by atoms with Crippen LogP contribution in [0.4, 0.5) is 4.79 Å². The Hall–Kier alpha value is -4.74. The van der Waals surface area contributed by atoms with Crippen LogP contribution in [0, 0.1) is 23.7 Å². The van der Waals surface area contributed by atoms with Crippen LogP contribution in [0.5, 0.6) is 0 Å². The Morgan fingerprint density at radius 2 is 1.50 bits per heavy atom. The van der Waals surface area contributed by atoms with Gasteiger partial charge in [-0.2, -0.15) is 0 Å². The van der Waals surface area contributed by atoms with E-state index < -0.39 is 65.8 Å². The van der Waals surface area contributed by atoms with Crippen LogP contribution in [0.3, 0.4) is 0 Å². The minimum atomic E-state index is -1.16. The summed E-state index contributed by atoms with van der Waals surface area (Å²) in [5, 5.41) is 10.7. The van der Waals surface area contributed by atoms with E-state index in [0.717, 1.165) is 16.7 Å². The van der Waals surface area contributed by atoms with Gasteiger partial charge in [0.15, 0.2) is 0 Å². The van der Waals surface area contributed by atoms with Crippen molar-refractivity contribution in [2.45, 2.75) is 104 Å². The number of ether oxygens (including phenoxy) is 1. The number of hydrogen-bond acceptors (Lipinski definition) is 7. The van der Waals surface area contributed by atoms with E-state index in [4.69, 9.17) is 4.74 Å². The first-order valence-electron chi connectivity index (χ1n) is 18.4. The largest absolute Gasteiger partial charge is 0.444 e. The number of alkyl carbamates (subject to hydrolysis) is 1. The SMILES string of the molecule is CCCC(NC(=O)[C@@H]1[C@@H](C)[C@H](C(C)C)CN1C(=O)[C@@H](NC(=O)OC(C)(C)C)C1Cc2ccccc2C1)C(=O)C(=O)NCC(=O)NCc1ccccc1. The maximum Gasteiger partial charge on any atom is 0.408 e. The van der Waals surface area contributed by atoms with Crippen molar-refractivity contribution in [1.82, 2.24) is 26.2 Å². The minimum absolute atomic E-state index is 0.0410. The summed E-state index contributed by atoms with van der Waals surface area (Å²) in [4.78, 5) is 82.2. The van der Waals surface area contributed by atoms with Crippen LogP contribution >= 0.6 is 0 Å². The first kappa shape index (κ1) is 40.0. The maximum absolute atomic E-state index is 14.7. The molecule has 2 aliphatic rings. The molecule has 0 saturated carbocycles. The molecule has 5 amide bonds. The van der Waals surface area contributed by atoms with Gasteiger partial charge in [0.2, 0.25) is 23.5 Å². The van der Waals surface area contributed by atoms with Crippen LogP contribution < -0.4 is 21.3 Å². The summed E-state index contributed by atoms with van der Waals surface area (Å²) in [5.41, 5.74) is 2.31. The van der Waals surface area contributed by atoms with E-state index in [0.29, 0.717) is 19.3 Å². The normalized spacial score (nSPS) is 19.7. The van der Waals surface area contributed by atoms with Gasteiger partial charge >= 0.3 is 6.09 Å². The van der Waals surface area contributed by atoms with Crippen LogP contribution in [0.2, 0.25) is 0 Å². The number of fused-ring (bicyclic) bond motifs is 1. The number of hydrogen-bond donors (Lipinski definition) is 4. The van der Waals surface area contributed by atoms with Gasteiger partial charge in [0.1, 0.15) is 17.7 Å². The third-order valence-electron chi connectivity index (χ3n) is 9.99. The van der Waals surface area contributed by atoms with Gasteiger partial charge in [0.25, 0.3) is 5.91 Å². The zero-order chi connectivity index (χ0) is 38.2. The number of rotatable bonds is 14. The Kier molecular flexibility index (Phi) is 13.6. The molecular formula is C40H55N5O7. The molecule has 1 aliphatic heterocycles. The van der Waals surface area contributed by atoms with Gasteiger partial charge in [0, 0.05) is 13.1 Å². The van der Waals surface area contributed by atoms with Gasteiger partial charge in [-0.25, -0.2) is 4.79 Å². The van der Waals surface area contributed by atoms with Gasteiger partial charge in [-0.3, -0.25) is 24.0 Å². The summed E-state index contributed by atoms with van der Waals surface area (Å²) in [6, 6.07) is 14.1. The Balaban J connectivity index is 1.50. The number of carbonyl (C=O) groups is 6. The Labute approximate surface area is 307 Å². The second-order valence-corrected chi connectivity index (χ2v) is 15.4. The van der Waals surface area contributed by atoms with Crippen LogP contribution in [0.15, 0.2) is 54.6 Å². The van der Waals surface area contributed by atoms with Crippen molar-refractivity contribution in [2.75, 3.05) is 13.1 Å². The molecule has 0 aromatic heterocycles. The first-order valence-corrected chi connectivity index (χ1v) is 18.4. The average Bonchev–Trinajstić information content (AvgIpc) is 3.68. The highest BCUT2D eigenvalue weighted by atomic mass is 16.6. The summed E-state index contributed by atoms with van der Waals surface area (Å²) >= 11 is 0. The van der Waals surface area contributed by atoms with Crippen LogP contribution in [0.25, 0.3) is 0 Å². The third-order valence-corrected chi connectivity index (χ3v) is 9.99. The van der Waals surface area contributed by atoms with E-state index in [1.165, 1.54) is 0 Å². The quantitative estimate of drug-likeness (QED) is 0.217. The molecule has 52 heavy (non-hydrogen) atoms. The highest BCUT2D eigenvalue weighted by Gasteiger charge is 2.50.